The molecule has 19 heavy (non-hydrogen) atoms. The zero-order valence-electron chi connectivity index (χ0n) is 10.7. The maximum absolute atomic E-state index is 6.21. The second kappa shape index (κ2) is 5.71. The third-order valence-electron chi connectivity index (χ3n) is 2.47. The molecule has 0 saturated carbocycles. The fourth-order valence-corrected chi connectivity index (χ4v) is 2.35. The van der Waals surface area contributed by atoms with Gasteiger partial charge in [0.2, 0.25) is 5.95 Å². The quantitative estimate of drug-likeness (QED) is 0.855. The summed E-state index contributed by atoms with van der Waals surface area (Å²) in [7, 11) is 3.36. The molecule has 1 aromatic carbocycles. The first-order chi connectivity index (χ1) is 9.01. The van der Waals surface area contributed by atoms with Gasteiger partial charge in [0.1, 0.15) is 5.82 Å². The summed E-state index contributed by atoms with van der Waals surface area (Å²) in [6.07, 6.45) is 0. The molecule has 0 bridgehead atoms. The SMILES string of the molecule is COc1nc(C)nc(N(C)c2ccc(Br)cc2Cl)n1. The van der Waals surface area contributed by atoms with E-state index in [0.29, 0.717) is 16.8 Å². The van der Waals surface area contributed by atoms with Gasteiger partial charge >= 0.3 is 6.01 Å². The molecule has 0 aliphatic heterocycles. The van der Waals surface area contributed by atoms with Gasteiger partial charge in [-0.25, -0.2) is 0 Å². The molecule has 0 fully saturated rings. The Hall–Kier alpha value is -1.40. The molecule has 100 valence electrons. The van der Waals surface area contributed by atoms with E-state index < -0.39 is 0 Å². The lowest BCUT2D eigenvalue weighted by molar-refractivity contribution is 0.377. The van der Waals surface area contributed by atoms with Crippen molar-refractivity contribution < 1.29 is 4.74 Å². The lowest BCUT2D eigenvalue weighted by Crippen LogP contribution is -2.15. The van der Waals surface area contributed by atoms with E-state index in [0.717, 1.165) is 10.2 Å². The van der Waals surface area contributed by atoms with E-state index in [9.17, 15) is 0 Å². The Kier molecular flexibility index (Phi) is 4.21. The molecule has 2 rings (SSSR count). The van der Waals surface area contributed by atoms with E-state index in [1.807, 2.05) is 25.2 Å². The molecule has 0 amide bonds. The largest absolute Gasteiger partial charge is 0.467 e. The molecule has 1 aromatic heterocycles. The number of benzene rings is 1. The summed E-state index contributed by atoms with van der Waals surface area (Å²) >= 11 is 9.59. The number of hydrogen-bond acceptors (Lipinski definition) is 5. The van der Waals surface area contributed by atoms with Gasteiger partial charge < -0.3 is 9.64 Å². The highest BCUT2D eigenvalue weighted by atomic mass is 79.9. The first-order valence-corrected chi connectivity index (χ1v) is 6.64. The van der Waals surface area contributed by atoms with Crippen molar-refractivity contribution in [1.82, 2.24) is 15.0 Å². The second-order valence-corrected chi connectivity index (χ2v) is 5.15. The van der Waals surface area contributed by atoms with E-state index in [2.05, 4.69) is 30.9 Å². The summed E-state index contributed by atoms with van der Waals surface area (Å²) in [5.41, 5.74) is 0.803. The fraction of sp³-hybridized carbons (Fsp3) is 0.250. The fourth-order valence-electron chi connectivity index (χ4n) is 1.55. The number of methoxy groups -OCH3 is 1. The highest BCUT2D eigenvalue weighted by Crippen LogP contribution is 2.31. The second-order valence-electron chi connectivity index (χ2n) is 3.82. The zero-order chi connectivity index (χ0) is 14.0. The van der Waals surface area contributed by atoms with Gasteiger partial charge in [0, 0.05) is 11.5 Å². The van der Waals surface area contributed by atoms with Crippen molar-refractivity contribution in [3.63, 3.8) is 0 Å². The predicted octanol–water partition coefficient (Wildman–Crippen LogP) is 3.37. The van der Waals surface area contributed by atoms with Crippen molar-refractivity contribution in [3.05, 3.63) is 33.5 Å². The average Bonchev–Trinajstić information content (AvgIpc) is 2.37. The maximum Gasteiger partial charge on any atom is 0.321 e. The van der Waals surface area contributed by atoms with E-state index >= 15 is 0 Å². The van der Waals surface area contributed by atoms with Crippen LogP contribution in [-0.2, 0) is 0 Å². The minimum atomic E-state index is 0.280. The van der Waals surface area contributed by atoms with Crippen LogP contribution in [0.15, 0.2) is 22.7 Å². The summed E-state index contributed by atoms with van der Waals surface area (Å²) in [6.45, 7) is 1.78. The summed E-state index contributed by atoms with van der Waals surface area (Å²) in [5.74, 6) is 1.07. The molecule has 1 heterocycles. The standard InChI is InChI=1S/C12H12BrClN4O/c1-7-15-11(17-12(16-7)19-3)18(2)10-5-4-8(13)6-9(10)14/h4-6H,1-3H3. The third kappa shape index (κ3) is 3.13. The molecule has 0 N–H and O–H groups in total. The van der Waals surface area contributed by atoms with Gasteiger partial charge in [-0.1, -0.05) is 27.5 Å². The van der Waals surface area contributed by atoms with Gasteiger partial charge in [-0.3, -0.25) is 0 Å². The van der Waals surface area contributed by atoms with Crippen molar-refractivity contribution in [3.8, 4) is 6.01 Å². The van der Waals surface area contributed by atoms with Gasteiger partial charge in [-0.2, -0.15) is 15.0 Å². The average molecular weight is 344 g/mol. The third-order valence-corrected chi connectivity index (χ3v) is 3.26. The Labute approximate surface area is 124 Å². The van der Waals surface area contributed by atoms with Crippen LogP contribution >= 0.6 is 27.5 Å². The van der Waals surface area contributed by atoms with E-state index in [1.54, 1.807) is 11.8 Å². The molecule has 7 heteroatoms. The molecule has 0 saturated heterocycles. The topological polar surface area (TPSA) is 51.1 Å². The predicted molar refractivity (Wildman–Crippen MR) is 78.3 cm³/mol. The molecule has 2 aromatic rings. The van der Waals surface area contributed by atoms with Crippen LogP contribution in [0.3, 0.4) is 0 Å². The lowest BCUT2D eigenvalue weighted by atomic mass is 10.3. The van der Waals surface area contributed by atoms with Crippen LogP contribution in [0.4, 0.5) is 11.6 Å². The van der Waals surface area contributed by atoms with E-state index in [-0.39, 0.29) is 6.01 Å². The van der Waals surface area contributed by atoms with Crippen LogP contribution in [-0.4, -0.2) is 29.1 Å². The van der Waals surface area contributed by atoms with Crippen molar-refractivity contribution in [2.45, 2.75) is 6.92 Å². The van der Waals surface area contributed by atoms with Gasteiger partial charge in [0.25, 0.3) is 0 Å². The number of aromatic nitrogens is 3. The van der Waals surface area contributed by atoms with E-state index in [4.69, 9.17) is 16.3 Å². The van der Waals surface area contributed by atoms with Crippen molar-refractivity contribution in [2.75, 3.05) is 19.1 Å². The number of nitrogens with zero attached hydrogens (tertiary/aromatic N) is 4. The van der Waals surface area contributed by atoms with Crippen LogP contribution < -0.4 is 9.64 Å². The first-order valence-electron chi connectivity index (χ1n) is 5.46. The van der Waals surface area contributed by atoms with Crippen molar-refractivity contribution >= 4 is 39.2 Å². The summed E-state index contributed by atoms with van der Waals surface area (Å²) in [5, 5.41) is 0.605. The van der Waals surface area contributed by atoms with Gasteiger partial charge in [0.15, 0.2) is 0 Å². The van der Waals surface area contributed by atoms with Gasteiger partial charge in [0.05, 0.1) is 17.8 Å². The Morgan fingerprint density at radius 2 is 2.00 bits per heavy atom. The molecule has 5 nitrogen and oxygen atoms in total. The Balaban J connectivity index is 2.43. The molecule has 0 spiro atoms. The molecule has 0 radical (unpaired) electrons. The molecular weight excluding hydrogens is 332 g/mol. The number of hydrogen-bond donors (Lipinski definition) is 0. The van der Waals surface area contributed by atoms with E-state index in [1.165, 1.54) is 7.11 Å². The van der Waals surface area contributed by atoms with Crippen LogP contribution in [0, 0.1) is 6.92 Å². The summed E-state index contributed by atoms with van der Waals surface area (Å²) in [6, 6.07) is 5.89. The molecule has 0 aliphatic rings. The van der Waals surface area contributed by atoms with Crippen molar-refractivity contribution in [1.29, 1.82) is 0 Å². The molecule has 0 aliphatic carbocycles. The van der Waals surface area contributed by atoms with Crippen LogP contribution in [0.2, 0.25) is 5.02 Å². The summed E-state index contributed by atoms with van der Waals surface area (Å²) < 4.78 is 5.96. The molecule has 0 unspecified atom stereocenters. The van der Waals surface area contributed by atoms with Crippen molar-refractivity contribution in [2.24, 2.45) is 0 Å². The van der Waals surface area contributed by atoms with Crippen LogP contribution in [0.1, 0.15) is 5.82 Å². The molecule has 0 atom stereocenters. The van der Waals surface area contributed by atoms with Crippen LogP contribution in [0.25, 0.3) is 0 Å². The van der Waals surface area contributed by atoms with Crippen LogP contribution in [0.5, 0.6) is 6.01 Å². The first kappa shape index (κ1) is 14.0. The highest BCUT2D eigenvalue weighted by molar-refractivity contribution is 9.10. The summed E-state index contributed by atoms with van der Waals surface area (Å²) in [4.78, 5) is 14.3. The number of aryl methyl sites for hydroxylation is 1. The Bertz CT molecular complexity index is 608. The highest BCUT2D eigenvalue weighted by Gasteiger charge is 2.13. The number of halogens is 2. The molecular formula is C12H12BrClN4O. The maximum atomic E-state index is 6.21. The lowest BCUT2D eigenvalue weighted by Gasteiger charge is -2.19. The van der Waals surface area contributed by atoms with Gasteiger partial charge in [-0.15, -0.1) is 0 Å². The number of ether oxygens (including phenoxy) is 1. The van der Waals surface area contributed by atoms with Gasteiger partial charge in [-0.05, 0) is 25.1 Å². The normalized spacial score (nSPS) is 10.4. The Morgan fingerprint density at radius 3 is 2.63 bits per heavy atom. The zero-order valence-corrected chi connectivity index (χ0v) is 13.0. The number of rotatable bonds is 3. The Morgan fingerprint density at radius 1 is 1.26 bits per heavy atom. The smallest absolute Gasteiger partial charge is 0.321 e. The minimum Gasteiger partial charge on any atom is -0.467 e. The number of anilines is 2. The monoisotopic (exact) mass is 342 g/mol. The minimum absolute atomic E-state index is 0.280.